The first-order valence-corrected chi connectivity index (χ1v) is 8.32. The summed E-state index contributed by atoms with van der Waals surface area (Å²) in [5.74, 6) is 0.784. The summed E-state index contributed by atoms with van der Waals surface area (Å²) < 4.78 is 0. The summed E-state index contributed by atoms with van der Waals surface area (Å²) in [6, 6.07) is 9.97. The van der Waals surface area contributed by atoms with Gasteiger partial charge in [0.25, 0.3) is 0 Å². The largest absolute Gasteiger partial charge is 0.325 e. The molecule has 0 radical (unpaired) electrons. The first kappa shape index (κ1) is 16.0. The van der Waals surface area contributed by atoms with Gasteiger partial charge in [0.15, 0.2) is 0 Å². The number of hydrogen-bond acceptors (Lipinski definition) is 2. The van der Waals surface area contributed by atoms with E-state index in [9.17, 15) is 4.79 Å². The van der Waals surface area contributed by atoms with Crippen molar-refractivity contribution in [3.63, 3.8) is 0 Å². The molecule has 0 aromatic heterocycles. The highest BCUT2D eigenvalue weighted by molar-refractivity contribution is 5.94. The molecule has 3 heteroatoms. The lowest BCUT2D eigenvalue weighted by Gasteiger charge is -2.32. The Morgan fingerprint density at radius 1 is 1.19 bits per heavy atom. The molecule has 0 spiro atoms. The van der Waals surface area contributed by atoms with Gasteiger partial charge in [-0.1, -0.05) is 44.4 Å². The summed E-state index contributed by atoms with van der Waals surface area (Å²) in [7, 11) is 0. The fourth-order valence-corrected chi connectivity index (χ4v) is 3.29. The number of benzene rings is 1. The molecule has 3 nitrogen and oxygen atoms in total. The van der Waals surface area contributed by atoms with E-state index in [4.69, 9.17) is 0 Å². The zero-order valence-electron chi connectivity index (χ0n) is 13.3. The number of para-hydroxylation sites is 1. The van der Waals surface area contributed by atoms with Crippen molar-refractivity contribution in [2.45, 2.75) is 64.5 Å². The molecule has 2 unspecified atom stereocenters. The molecule has 1 aliphatic carbocycles. The second-order valence-corrected chi connectivity index (χ2v) is 6.16. The van der Waals surface area contributed by atoms with Gasteiger partial charge in [-0.2, -0.15) is 0 Å². The Morgan fingerprint density at radius 3 is 2.48 bits per heavy atom. The highest BCUT2D eigenvalue weighted by Crippen LogP contribution is 2.28. The Balaban J connectivity index is 1.86. The maximum Gasteiger partial charge on any atom is 0.241 e. The maximum absolute atomic E-state index is 12.3. The summed E-state index contributed by atoms with van der Waals surface area (Å²) in [4.78, 5) is 12.3. The number of carbonyl (C=O) groups is 1. The van der Waals surface area contributed by atoms with Crippen LogP contribution in [0.3, 0.4) is 0 Å². The molecule has 0 heterocycles. The van der Waals surface area contributed by atoms with E-state index in [0.717, 1.165) is 18.0 Å². The van der Waals surface area contributed by atoms with Crippen LogP contribution in [-0.2, 0) is 4.79 Å². The minimum Gasteiger partial charge on any atom is -0.325 e. The van der Waals surface area contributed by atoms with Crippen LogP contribution >= 0.6 is 0 Å². The second kappa shape index (κ2) is 8.18. The SMILES string of the molecule is CCC(NC(C)C(=O)Nc1ccccc1)C1CCCCC1. The normalized spacial score (nSPS) is 19.0. The van der Waals surface area contributed by atoms with Crippen LogP contribution in [0.5, 0.6) is 0 Å². The quantitative estimate of drug-likeness (QED) is 0.832. The van der Waals surface area contributed by atoms with Gasteiger partial charge in [0.2, 0.25) is 5.91 Å². The first-order chi connectivity index (χ1) is 10.2. The van der Waals surface area contributed by atoms with Crippen LogP contribution in [0.2, 0.25) is 0 Å². The third-order valence-electron chi connectivity index (χ3n) is 4.56. The van der Waals surface area contributed by atoms with Gasteiger partial charge in [-0.05, 0) is 44.2 Å². The molecular formula is C18H28N2O. The van der Waals surface area contributed by atoms with E-state index in [1.165, 1.54) is 32.1 Å². The van der Waals surface area contributed by atoms with Crippen LogP contribution in [0, 0.1) is 5.92 Å². The Labute approximate surface area is 128 Å². The van der Waals surface area contributed by atoms with Crippen molar-refractivity contribution in [2.75, 3.05) is 5.32 Å². The highest BCUT2D eigenvalue weighted by Gasteiger charge is 2.25. The van der Waals surface area contributed by atoms with E-state index in [2.05, 4.69) is 17.6 Å². The van der Waals surface area contributed by atoms with E-state index >= 15 is 0 Å². The number of hydrogen-bond donors (Lipinski definition) is 2. The molecule has 1 aromatic carbocycles. The first-order valence-electron chi connectivity index (χ1n) is 8.32. The van der Waals surface area contributed by atoms with Crippen molar-refractivity contribution in [3.05, 3.63) is 30.3 Å². The number of anilines is 1. The number of nitrogens with one attached hydrogen (secondary N) is 2. The van der Waals surface area contributed by atoms with Gasteiger partial charge in [-0.15, -0.1) is 0 Å². The summed E-state index contributed by atoms with van der Waals surface area (Å²) in [6.07, 6.45) is 7.75. The van der Waals surface area contributed by atoms with Crippen LogP contribution in [0.1, 0.15) is 52.4 Å². The van der Waals surface area contributed by atoms with Crippen molar-refractivity contribution < 1.29 is 4.79 Å². The van der Waals surface area contributed by atoms with Gasteiger partial charge < -0.3 is 10.6 Å². The van der Waals surface area contributed by atoms with E-state index < -0.39 is 0 Å². The molecule has 1 amide bonds. The average molecular weight is 288 g/mol. The van der Waals surface area contributed by atoms with Gasteiger partial charge in [0.05, 0.1) is 6.04 Å². The van der Waals surface area contributed by atoms with Crippen LogP contribution in [0.4, 0.5) is 5.69 Å². The predicted octanol–water partition coefficient (Wildman–Crippen LogP) is 3.96. The molecule has 1 aliphatic rings. The Hall–Kier alpha value is -1.35. The van der Waals surface area contributed by atoms with Crippen molar-refractivity contribution in [1.82, 2.24) is 5.32 Å². The summed E-state index contributed by atoms with van der Waals surface area (Å²) in [5.41, 5.74) is 0.863. The molecule has 2 rings (SSSR count). The Morgan fingerprint density at radius 2 is 1.86 bits per heavy atom. The molecule has 1 aromatic rings. The third kappa shape index (κ3) is 4.85. The number of carbonyl (C=O) groups excluding carboxylic acids is 1. The molecule has 0 bridgehead atoms. The minimum absolute atomic E-state index is 0.0514. The second-order valence-electron chi connectivity index (χ2n) is 6.16. The topological polar surface area (TPSA) is 41.1 Å². The van der Waals surface area contributed by atoms with Crippen LogP contribution in [0.25, 0.3) is 0 Å². The zero-order valence-corrected chi connectivity index (χ0v) is 13.3. The van der Waals surface area contributed by atoms with Crippen LogP contribution in [0.15, 0.2) is 30.3 Å². The van der Waals surface area contributed by atoms with Crippen molar-refractivity contribution in [2.24, 2.45) is 5.92 Å². The summed E-state index contributed by atoms with van der Waals surface area (Å²) >= 11 is 0. The molecule has 21 heavy (non-hydrogen) atoms. The lowest BCUT2D eigenvalue weighted by Crippen LogP contribution is -2.47. The van der Waals surface area contributed by atoms with Crippen LogP contribution in [-0.4, -0.2) is 18.0 Å². The van der Waals surface area contributed by atoms with E-state index in [1.807, 2.05) is 37.3 Å². The highest BCUT2D eigenvalue weighted by atomic mass is 16.2. The van der Waals surface area contributed by atoms with E-state index in [0.29, 0.717) is 6.04 Å². The van der Waals surface area contributed by atoms with Crippen LogP contribution < -0.4 is 10.6 Å². The molecule has 1 saturated carbocycles. The molecule has 0 saturated heterocycles. The van der Waals surface area contributed by atoms with Gasteiger partial charge >= 0.3 is 0 Å². The summed E-state index contributed by atoms with van der Waals surface area (Å²) in [6.45, 7) is 4.18. The molecule has 1 fully saturated rings. The molecule has 116 valence electrons. The van der Waals surface area contributed by atoms with Gasteiger partial charge in [0, 0.05) is 11.7 Å². The fourth-order valence-electron chi connectivity index (χ4n) is 3.29. The van der Waals surface area contributed by atoms with E-state index in [-0.39, 0.29) is 11.9 Å². The standard InChI is InChI=1S/C18H28N2O/c1-3-17(15-10-6-4-7-11-15)19-14(2)18(21)20-16-12-8-5-9-13-16/h5,8-9,12-15,17,19H,3-4,6-7,10-11H2,1-2H3,(H,20,21). The fraction of sp³-hybridized carbons (Fsp3) is 0.611. The molecule has 0 aliphatic heterocycles. The van der Waals surface area contributed by atoms with E-state index in [1.54, 1.807) is 0 Å². The summed E-state index contributed by atoms with van der Waals surface area (Å²) in [5, 5.41) is 6.52. The smallest absolute Gasteiger partial charge is 0.241 e. The Kier molecular flexibility index (Phi) is 6.24. The van der Waals surface area contributed by atoms with Crippen molar-refractivity contribution in [3.8, 4) is 0 Å². The molecular weight excluding hydrogens is 260 g/mol. The average Bonchev–Trinajstić information content (AvgIpc) is 2.54. The third-order valence-corrected chi connectivity index (χ3v) is 4.56. The maximum atomic E-state index is 12.3. The monoisotopic (exact) mass is 288 g/mol. The van der Waals surface area contributed by atoms with Crippen molar-refractivity contribution in [1.29, 1.82) is 0 Å². The lowest BCUT2D eigenvalue weighted by molar-refractivity contribution is -0.118. The predicted molar refractivity (Wildman–Crippen MR) is 88.3 cm³/mol. The van der Waals surface area contributed by atoms with Gasteiger partial charge in [-0.25, -0.2) is 0 Å². The lowest BCUT2D eigenvalue weighted by atomic mass is 9.82. The Bertz CT molecular complexity index is 426. The molecule has 2 N–H and O–H groups in total. The number of rotatable bonds is 6. The number of amides is 1. The zero-order chi connectivity index (χ0) is 15.1. The minimum atomic E-state index is -0.155. The molecule has 2 atom stereocenters. The van der Waals surface area contributed by atoms with Gasteiger partial charge in [-0.3, -0.25) is 4.79 Å². The van der Waals surface area contributed by atoms with Gasteiger partial charge in [0.1, 0.15) is 0 Å². The van der Waals surface area contributed by atoms with Crippen molar-refractivity contribution >= 4 is 11.6 Å².